The van der Waals surface area contributed by atoms with E-state index in [0.717, 1.165) is 84.1 Å². The molecule has 0 bridgehead atoms. The third kappa shape index (κ3) is 7.92. The molecule has 0 aromatic heterocycles. The predicted molar refractivity (Wildman–Crippen MR) is 223 cm³/mol. The van der Waals surface area contributed by atoms with Crippen LogP contribution in [0.4, 0.5) is 5.69 Å². The molecule has 0 spiro atoms. The van der Waals surface area contributed by atoms with Crippen LogP contribution in [0.5, 0.6) is 0 Å². The van der Waals surface area contributed by atoms with Gasteiger partial charge in [-0.2, -0.15) is 0 Å². The molecule has 0 atom stereocenters. The quantitative estimate of drug-likeness (QED) is 0.223. The molecule has 6 aliphatic rings. The largest absolute Gasteiger partial charge is 0.383 e. The fourth-order valence-electron chi connectivity index (χ4n) is 9.83. The van der Waals surface area contributed by atoms with E-state index >= 15 is 0 Å². The summed E-state index contributed by atoms with van der Waals surface area (Å²) in [6.07, 6.45) is 6.03. The Morgan fingerprint density at radius 3 is 1.59 bits per heavy atom. The summed E-state index contributed by atoms with van der Waals surface area (Å²) >= 11 is 0. The first-order valence-electron chi connectivity index (χ1n) is 21.7. The maximum atomic E-state index is 14.9. The van der Waals surface area contributed by atoms with Gasteiger partial charge in [-0.15, -0.1) is 0 Å². The molecule has 3 aromatic carbocycles. The van der Waals surface area contributed by atoms with Gasteiger partial charge in [-0.05, 0) is 93.5 Å². The van der Waals surface area contributed by atoms with Gasteiger partial charge >= 0.3 is 0 Å². The minimum absolute atomic E-state index is 0.264. The second-order valence-electron chi connectivity index (χ2n) is 16.7. The average molecular weight is 792 g/mol. The van der Waals surface area contributed by atoms with E-state index in [4.69, 9.17) is 9.47 Å². The van der Waals surface area contributed by atoms with Crippen LogP contribution < -0.4 is 5.32 Å². The molecule has 0 radical (unpaired) electrons. The fraction of sp³-hybridized carbons (Fsp3) is 0.556. The van der Waals surface area contributed by atoms with E-state index in [1.165, 1.54) is 41.0 Å². The number of nitrogens with zero attached hydrogens (tertiary/aromatic N) is 6. The highest BCUT2D eigenvalue weighted by atomic mass is 16.5. The van der Waals surface area contributed by atoms with Crippen molar-refractivity contribution in [1.82, 2.24) is 29.4 Å². The Labute approximate surface area is 341 Å². The third-order valence-corrected chi connectivity index (χ3v) is 13.0. The molecule has 1 N–H and O–H groups in total. The summed E-state index contributed by atoms with van der Waals surface area (Å²) in [5, 5.41) is 4.39. The summed E-state index contributed by atoms with van der Waals surface area (Å²) in [5.41, 5.74) is 4.63. The van der Waals surface area contributed by atoms with Crippen LogP contribution in [0.3, 0.4) is 0 Å². The second-order valence-corrected chi connectivity index (χ2v) is 16.7. The number of benzene rings is 3. The minimum atomic E-state index is -0.384. The lowest BCUT2D eigenvalue weighted by molar-refractivity contribution is 0.0351. The number of morpholine rings is 2. The van der Waals surface area contributed by atoms with Crippen molar-refractivity contribution in [2.75, 3.05) is 123 Å². The zero-order valence-electron chi connectivity index (χ0n) is 33.8. The van der Waals surface area contributed by atoms with Crippen molar-refractivity contribution in [3.05, 3.63) is 64.2 Å². The van der Waals surface area contributed by atoms with E-state index in [1.807, 2.05) is 18.2 Å². The van der Waals surface area contributed by atoms with Gasteiger partial charge < -0.3 is 19.7 Å². The zero-order chi connectivity index (χ0) is 39.6. The van der Waals surface area contributed by atoms with Gasteiger partial charge in [0.15, 0.2) is 0 Å². The van der Waals surface area contributed by atoms with Gasteiger partial charge in [0.2, 0.25) is 0 Å². The Kier molecular flexibility index (Phi) is 11.9. The molecule has 4 saturated heterocycles. The van der Waals surface area contributed by atoms with Gasteiger partial charge in [0.25, 0.3) is 23.6 Å². The topological polar surface area (TPSA) is 118 Å². The van der Waals surface area contributed by atoms with Crippen LogP contribution in [0, 0.1) is 0 Å². The Bertz CT molecular complexity index is 2030. The lowest BCUT2D eigenvalue weighted by atomic mass is 9.81. The standard InChI is InChI=1S/C45H57N7O6/c53-42-35-29-34(33-9-7-32(8-10-33)31-50-14-3-4-15-50)40-38-36(43(54)51(44(40)55)18-5-16-48-21-25-57-26-22-48)30-37(46-11-20-47-12-1-2-13-47)41(39(35)38)45(56)52(42)19-6-17-49-23-27-58-28-24-49/h7-10,29-30,46H,1-6,11-28,31H2. The van der Waals surface area contributed by atoms with Crippen molar-refractivity contribution in [2.45, 2.75) is 45.1 Å². The number of amides is 4. The monoisotopic (exact) mass is 791 g/mol. The summed E-state index contributed by atoms with van der Waals surface area (Å²) in [5.74, 6) is -1.53. The minimum Gasteiger partial charge on any atom is -0.383 e. The Morgan fingerprint density at radius 2 is 1.00 bits per heavy atom. The van der Waals surface area contributed by atoms with Crippen molar-refractivity contribution >= 4 is 40.1 Å². The molecule has 308 valence electrons. The molecule has 58 heavy (non-hydrogen) atoms. The highest BCUT2D eigenvalue weighted by molar-refractivity contribution is 6.36. The van der Waals surface area contributed by atoms with Crippen molar-refractivity contribution in [3.8, 4) is 11.1 Å². The number of nitrogens with one attached hydrogen (secondary N) is 1. The molecule has 0 saturated carbocycles. The molecule has 13 heteroatoms. The second kappa shape index (κ2) is 17.5. The van der Waals surface area contributed by atoms with Crippen LogP contribution in [0.2, 0.25) is 0 Å². The molecular formula is C45H57N7O6. The summed E-state index contributed by atoms with van der Waals surface area (Å²) in [6, 6.07) is 11.9. The lowest BCUT2D eigenvalue weighted by Crippen LogP contribution is -2.45. The first-order valence-corrected chi connectivity index (χ1v) is 21.7. The number of likely N-dealkylation sites (tertiary alicyclic amines) is 2. The molecule has 13 nitrogen and oxygen atoms in total. The van der Waals surface area contributed by atoms with E-state index in [2.05, 4.69) is 37.0 Å². The van der Waals surface area contributed by atoms with Gasteiger partial charge in [-0.3, -0.25) is 43.7 Å². The maximum Gasteiger partial charge on any atom is 0.263 e. The number of rotatable bonds is 15. The number of hydrogen-bond acceptors (Lipinski definition) is 11. The van der Waals surface area contributed by atoms with Gasteiger partial charge in [0.1, 0.15) is 0 Å². The van der Waals surface area contributed by atoms with Crippen LogP contribution in [0.1, 0.15) is 85.5 Å². The van der Waals surface area contributed by atoms with E-state index in [-0.39, 0.29) is 36.7 Å². The van der Waals surface area contributed by atoms with Gasteiger partial charge in [0, 0.05) is 94.0 Å². The summed E-state index contributed by atoms with van der Waals surface area (Å²) in [6.45, 7) is 14.6. The van der Waals surface area contributed by atoms with Crippen molar-refractivity contribution in [3.63, 3.8) is 0 Å². The normalized spacial score (nSPS) is 21.0. The number of ether oxygens (including phenoxy) is 2. The summed E-state index contributed by atoms with van der Waals surface area (Å²) < 4.78 is 11.1. The van der Waals surface area contributed by atoms with Gasteiger partial charge in [-0.1, -0.05) is 24.3 Å². The van der Waals surface area contributed by atoms with Crippen molar-refractivity contribution in [1.29, 1.82) is 0 Å². The number of carbonyl (C=O) groups excluding carboxylic acids is 4. The summed E-state index contributed by atoms with van der Waals surface area (Å²) in [7, 11) is 0. The molecule has 0 aliphatic carbocycles. The molecule has 9 rings (SSSR count). The van der Waals surface area contributed by atoms with Gasteiger partial charge in [-0.25, -0.2) is 0 Å². The Hall–Kier alpha value is -4.24. The average Bonchev–Trinajstić information content (AvgIpc) is 3.98. The molecule has 4 amide bonds. The molecule has 3 aromatic rings. The Morgan fingerprint density at radius 1 is 0.500 bits per heavy atom. The number of anilines is 1. The first-order chi connectivity index (χ1) is 28.4. The van der Waals surface area contributed by atoms with E-state index in [1.54, 1.807) is 6.07 Å². The van der Waals surface area contributed by atoms with Crippen LogP contribution >= 0.6 is 0 Å². The smallest absolute Gasteiger partial charge is 0.263 e. The fourth-order valence-corrected chi connectivity index (χ4v) is 9.83. The van der Waals surface area contributed by atoms with Crippen molar-refractivity contribution in [2.24, 2.45) is 0 Å². The Balaban J connectivity index is 1.12. The lowest BCUT2D eigenvalue weighted by Gasteiger charge is -2.35. The molecular weight excluding hydrogens is 735 g/mol. The number of imide groups is 2. The number of carbonyl (C=O) groups is 4. The highest BCUT2D eigenvalue weighted by Crippen LogP contribution is 2.45. The maximum absolute atomic E-state index is 14.9. The van der Waals surface area contributed by atoms with Crippen LogP contribution in [-0.4, -0.2) is 171 Å². The molecule has 0 unspecified atom stereocenters. The van der Waals surface area contributed by atoms with E-state index < -0.39 is 0 Å². The summed E-state index contributed by atoms with van der Waals surface area (Å²) in [4.78, 5) is 71.3. The SMILES string of the molecule is O=C1c2cc(-c3ccc(CN4CCCC4)cc3)c3c4c(cc(NCCN5CCCC5)c(c24)C(=O)N1CCCN1CCOCC1)C(=O)N(CCCN1CCOCC1)C3=O. The zero-order valence-corrected chi connectivity index (χ0v) is 33.8. The third-order valence-electron chi connectivity index (χ3n) is 13.0. The van der Waals surface area contributed by atoms with Crippen molar-refractivity contribution < 1.29 is 28.7 Å². The highest BCUT2D eigenvalue weighted by Gasteiger charge is 2.43. The van der Waals surface area contributed by atoms with Crippen LogP contribution in [0.15, 0.2) is 36.4 Å². The van der Waals surface area contributed by atoms with Gasteiger partial charge in [0.05, 0.1) is 43.1 Å². The molecule has 6 aliphatic heterocycles. The molecule has 4 fully saturated rings. The predicted octanol–water partition coefficient (Wildman–Crippen LogP) is 4.25. The van der Waals surface area contributed by atoms with E-state index in [0.29, 0.717) is 90.1 Å². The van der Waals surface area contributed by atoms with E-state index in [9.17, 15) is 19.2 Å². The van der Waals surface area contributed by atoms with Crippen LogP contribution in [0.25, 0.3) is 21.9 Å². The first kappa shape index (κ1) is 39.2. The van der Waals surface area contributed by atoms with Crippen LogP contribution in [-0.2, 0) is 16.0 Å². The number of hydrogen-bond donors (Lipinski definition) is 1. The molecule has 6 heterocycles.